The Morgan fingerprint density at radius 3 is 2.70 bits per heavy atom. The SMILES string of the molecule is CN(CCOO)CC(=O)O. The maximum Gasteiger partial charge on any atom is 0.317 e. The molecule has 0 aromatic rings. The van der Waals surface area contributed by atoms with Crippen molar-refractivity contribution in [2.45, 2.75) is 0 Å². The highest BCUT2D eigenvalue weighted by Crippen LogP contribution is 1.80. The van der Waals surface area contributed by atoms with Gasteiger partial charge >= 0.3 is 5.97 Å². The maximum absolute atomic E-state index is 10.0. The van der Waals surface area contributed by atoms with Crippen LogP contribution in [0, 0.1) is 0 Å². The highest BCUT2D eigenvalue weighted by molar-refractivity contribution is 5.68. The second kappa shape index (κ2) is 5.16. The lowest BCUT2D eigenvalue weighted by atomic mass is 10.5. The lowest BCUT2D eigenvalue weighted by Gasteiger charge is -2.11. The number of hydrogen-bond donors (Lipinski definition) is 2. The van der Waals surface area contributed by atoms with E-state index in [1.807, 2.05) is 0 Å². The smallest absolute Gasteiger partial charge is 0.317 e. The highest BCUT2D eigenvalue weighted by atomic mass is 17.1. The van der Waals surface area contributed by atoms with Gasteiger partial charge in [0.25, 0.3) is 0 Å². The quantitative estimate of drug-likeness (QED) is 0.407. The van der Waals surface area contributed by atoms with Crippen molar-refractivity contribution < 1.29 is 20.0 Å². The fourth-order valence-electron chi connectivity index (χ4n) is 0.507. The molecule has 0 rings (SSSR count). The number of rotatable bonds is 5. The molecular formula is C5H11NO4. The van der Waals surface area contributed by atoms with Crippen LogP contribution in [0.4, 0.5) is 0 Å². The van der Waals surface area contributed by atoms with Crippen LogP contribution >= 0.6 is 0 Å². The van der Waals surface area contributed by atoms with Crippen molar-refractivity contribution in [2.24, 2.45) is 0 Å². The molecule has 0 atom stereocenters. The first-order valence-electron chi connectivity index (χ1n) is 2.83. The van der Waals surface area contributed by atoms with Gasteiger partial charge in [0.15, 0.2) is 0 Å². The molecule has 0 aliphatic carbocycles. The molecule has 0 aliphatic rings. The van der Waals surface area contributed by atoms with E-state index in [9.17, 15) is 4.79 Å². The fraction of sp³-hybridized carbons (Fsp3) is 0.800. The molecule has 10 heavy (non-hydrogen) atoms. The van der Waals surface area contributed by atoms with E-state index in [4.69, 9.17) is 10.4 Å². The Labute approximate surface area is 58.8 Å². The van der Waals surface area contributed by atoms with Gasteiger partial charge in [-0.05, 0) is 7.05 Å². The minimum Gasteiger partial charge on any atom is -0.480 e. The Hall–Kier alpha value is -0.650. The molecule has 0 radical (unpaired) electrons. The van der Waals surface area contributed by atoms with Gasteiger partial charge in [-0.3, -0.25) is 15.0 Å². The standard InChI is InChI=1S/C5H11NO4/c1-6(2-3-10-9)4-5(7)8/h9H,2-4H2,1H3,(H,7,8). The van der Waals surface area contributed by atoms with Gasteiger partial charge in [0, 0.05) is 6.54 Å². The average molecular weight is 149 g/mol. The lowest BCUT2D eigenvalue weighted by Crippen LogP contribution is -2.28. The van der Waals surface area contributed by atoms with E-state index in [1.54, 1.807) is 7.05 Å². The van der Waals surface area contributed by atoms with E-state index in [1.165, 1.54) is 4.90 Å². The van der Waals surface area contributed by atoms with Gasteiger partial charge in [-0.1, -0.05) is 0 Å². The maximum atomic E-state index is 10.0. The molecule has 0 saturated carbocycles. The van der Waals surface area contributed by atoms with Gasteiger partial charge in [-0.25, -0.2) is 4.89 Å². The predicted octanol–water partition coefficient (Wildman–Crippen LogP) is -0.508. The molecule has 0 unspecified atom stereocenters. The molecule has 0 saturated heterocycles. The molecule has 0 fully saturated rings. The monoisotopic (exact) mass is 149 g/mol. The summed E-state index contributed by atoms with van der Waals surface area (Å²) in [5.74, 6) is -0.888. The van der Waals surface area contributed by atoms with E-state index in [2.05, 4.69) is 4.89 Å². The molecule has 0 heterocycles. The second-order valence-corrected chi connectivity index (χ2v) is 1.96. The summed E-state index contributed by atoms with van der Waals surface area (Å²) in [4.78, 5) is 15.3. The van der Waals surface area contributed by atoms with Crippen molar-refractivity contribution in [3.05, 3.63) is 0 Å². The summed E-state index contributed by atoms with van der Waals surface area (Å²) >= 11 is 0. The summed E-state index contributed by atoms with van der Waals surface area (Å²) in [5.41, 5.74) is 0. The van der Waals surface area contributed by atoms with Gasteiger partial charge in [-0.15, -0.1) is 0 Å². The van der Waals surface area contributed by atoms with Crippen LogP contribution in [0.2, 0.25) is 0 Å². The van der Waals surface area contributed by atoms with Crippen molar-refractivity contribution in [2.75, 3.05) is 26.7 Å². The molecule has 60 valence electrons. The number of hydrogen-bond acceptors (Lipinski definition) is 4. The van der Waals surface area contributed by atoms with Crippen LogP contribution in [0.1, 0.15) is 0 Å². The van der Waals surface area contributed by atoms with Crippen LogP contribution in [0.15, 0.2) is 0 Å². The molecule has 5 heteroatoms. The van der Waals surface area contributed by atoms with Gasteiger partial charge in [0.1, 0.15) is 0 Å². The number of likely N-dealkylation sites (N-methyl/N-ethyl adjacent to an activating group) is 1. The molecule has 0 aromatic heterocycles. The first-order valence-corrected chi connectivity index (χ1v) is 2.83. The third kappa shape index (κ3) is 5.49. The summed E-state index contributed by atoms with van der Waals surface area (Å²) in [7, 11) is 1.63. The van der Waals surface area contributed by atoms with Crippen molar-refractivity contribution in [1.29, 1.82) is 0 Å². The minimum absolute atomic E-state index is 0.0383. The molecule has 2 N–H and O–H groups in total. The second-order valence-electron chi connectivity index (χ2n) is 1.96. The van der Waals surface area contributed by atoms with E-state index < -0.39 is 5.97 Å². The topological polar surface area (TPSA) is 70.0 Å². The molecule has 0 bridgehead atoms. The van der Waals surface area contributed by atoms with Gasteiger partial charge < -0.3 is 5.11 Å². The average Bonchev–Trinajstić information content (AvgIpc) is 1.82. The van der Waals surface area contributed by atoms with Crippen LogP contribution in [0.25, 0.3) is 0 Å². The summed E-state index contributed by atoms with van der Waals surface area (Å²) in [5, 5.41) is 16.1. The number of carbonyl (C=O) groups is 1. The molecule has 0 amide bonds. The number of aliphatic carboxylic acids is 1. The molecule has 0 aliphatic heterocycles. The molecule has 5 nitrogen and oxygen atoms in total. The number of nitrogens with zero attached hydrogens (tertiary/aromatic N) is 1. The van der Waals surface area contributed by atoms with E-state index in [0.29, 0.717) is 6.54 Å². The van der Waals surface area contributed by atoms with Crippen molar-refractivity contribution in [3.63, 3.8) is 0 Å². The molecule has 0 spiro atoms. The first kappa shape index (κ1) is 9.35. The zero-order valence-electron chi connectivity index (χ0n) is 5.78. The van der Waals surface area contributed by atoms with Crippen LogP contribution in [-0.4, -0.2) is 48.0 Å². The van der Waals surface area contributed by atoms with Crippen LogP contribution in [0.3, 0.4) is 0 Å². The van der Waals surface area contributed by atoms with Crippen LogP contribution in [-0.2, 0) is 9.68 Å². The minimum atomic E-state index is -0.888. The Balaban J connectivity index is 3.25. The Kier molecular flexibility index (Phi) is 4.82. The van der Waals surface area contributed by atoms with Crippen LogP contribution in [0.5, 0.6) is 0 Å². The number of carboxylic acid groups (broad SMARTS) is 1. The Morgan fingerprint density at radius 1 is 1.70 bits per heavy atom. The first-order chi connectivity index (χ1) is 4.66. The van der Waals surface area contributed by atoms with Gasteiger partial charge in [0.2, 0.25) is 0 Å². The summed E-state index contributed by atoms with van der Waals surface area (Å²) in [6, 6.07) is 0. The normalized spacial score (nSPS) is 10.3. The fourth-order valence-corrected chi connectivity index (χ4v) is 0.507. The van der Waals surface area contributed by atoms with Crippen molar-refractivity contribution in [3.8, 4) is 0 Å². The molecular weight excluding hydrogens is 138 g/mol. The van der Waals surface area contributed by atoms with E-state index in [0.717, 1.165) is 0 Å². The number of carboxylic acids is 1. The third-order valence-corrected chi connectivity index (χ3v) is 0.969. The highest BCUT2D eigenvalue weighted by Gasteiger charge is 2.02. The zero-order chi connectivity index (χ0) is 7.98. The Bertz CT molecular complexity index is 106. The van der Waals surface area contributed by atoms with Crippen molar-refractivity contribution >= 4 is 5.97 Å². The lowest BCUT2D eigenvalue weighted by molar-refractivity contribution is -0.243. The van der Waals surface area contributed by atoms with Crippen molar-refractivity contribution in [1.82, 2.24) is 4.90 Å². The third-order valence-electron chi connectivity index (χ3n) is 0.969. The van der Waals surface area contributed by atoms with E-state index in [-0.39, 0.29) is 13.2 Å². The molecule has 0 aromatic carbocycles. The Morgan fingerprint density at radius 2 is 2.30 bits per heavy atom. The van der Waals surface area contributed by atoms with Crippen LogP contribution < -0.4 is 0 Å². The van der Waals surface area contributed by atoms with E-state index >= 15 is 0 Å². The van der Waals surface area contributed by atoms with Gasteiger partial charge in [0.05, 0.1) is 13.2 Å². The zero-order valence-corrected chi connectivity index (χ0v) is 5.78. The largest absolute Gasteiger partial charge is 0.480 e. The predicted molar refractivity (Wildman–Crippen MR) is 33.7 cm³/mol. The summed E-state index contributed by atoms with van der Waals surface area (Å²) < 4.78 is 0. The summed E-state index contributed by atoms with van der Waals surface area (Å²) in [6.45, 7) is 0.496. The van der Waals surface area contributed by atoms with Gasteiger partial charge in [-0.2, -0.15) is 0 Å². The summed E-state index contributed by atoms with van der Waals surface area (Å²) in [6.07, 6.45) is 0.